The van der Waals surface area contributed by atoms with Gasteiger partial charge in [-0.05, 0) is 6.92 Å². The largest absolute Gasteiger partial charge is 0.456 e. The number of fused-ring (bicyclic) bond motifs is 1. The average molecular weight is 273 g/mol. The Bertz CT molecular complexity index is 369. The molecule has 7 nitrogen and oxygen atoms in total. The minimum absolute atomic E-state index is 0.483. The minimum Gasteiger partial charge on any atom is -0.456 e. The first-order valence-electron chi connectivity index (χ1n) is 6.02. The van der Waals surface area contributed by atoms with Crippen LogP contribution in [0.3, 0.4) is 0 Å². The van der Waals surface area contributed by atoms with Gasteiger partial charge in [0, 0.05) is 20.1 Å². The highest BCUT2D eigenvalue weighted by Crippen LogP contribution is 2.34. The summed E-state index contributed by atoms with van der Waals surface area (Å²) in [4.78, 5) is 22.3. The van der Waals surface area contributed by atoms with Crippen LogP contribution in [0.2, 0.25) is 0 Å². The predicted molar refractivity (Wildman–Crippen MR) is 60.5 cm³/mol. The van der Waals surface area contributed by atoms with E-state index in [1.807, 2.05) is 0 Å². The molecule has 0 N–H and O–H groups in total. The number of ether oxygens (including phenoxy) is 5. The van der Waals surface area contributed by atoms with Crippen LogP contribution in [0.5, 0.6) is 0 Å². The molecule has 0 aromatic carbocycles. The highest BCUT2D eigenvalue weighted by atomic mass is 16.8. The minimum atomic E-state index is -0.776. The van der Waals surface area contributed by atoms with E-state index in [1.165, 1.54) is 13.8 Å². The van der Waals surface area contributed by atoms with E-state index in [2.05, 4.69) is 6.92 Å². The van der Waals surface area contributed by atoms with Crippen LogP contribution in [-0.2, 0) is 33.3 Å². The Morgan fingerprint density at radius 2 is 1.58 bits per heavy atom. The summed E-state index contributed by atoms with van der Waals surface area (Å²) in [5.74, 6) is -0.979. The third-order valence-corrected chi connectivity index (χ3v) is 2.93. The number of carbonyl (C=O) groups is 2. The van der Waals surface area contributed by atoms with Gasteiger partial charge < -0.3 is 23.7 Å². The third kappa shape index (κ3) is 3.05. The zero-order valence-electron chi connectivity index (χ0n) is 11.0. The number of rotatable bonds is 2. The van der Waals surface area contributed by atoms with Gasteiger partial charge in [0.05, 0.1) is 6.10 Å². The van der Waals surface area contributed by atoms with Crippen LogP contribution in [0.25, 0.3) is 0 Å². The quantitative estimate of drug-likeness (QED) is 0.524. The van der Waals surface area contributed by atoms with E-state index < -0.39 is 48.9 Å². The van der Waals surface area contributed by atoms with Crippen molar-refractivity contribution in [3.05, 3.63) is 6.92 Å². The second-order valence-corrected chi connectivity index (χ2v) is 4.52. The van der Waals surface area contributed by atoms with Gasteiger partial charge in [0.15, 0.2) is 18.5 Å². The molecule has 0 amide bonds. The molecule has 7 heteroatoms. The van der Waals surface area contributed by atoms with Crippen molar-refractivity contribution in [1.82, 2.24) is 0 Å². The van der Waals surface area contributed by atoms with Crippen molar-refractivity contribution in [2.24, 2.45) is 0 Å². The number of hydrogen-bond acceptors (Lipinski definition) is 7. The van der Waals surface area contributed by atoms with Crippen molar-refractivity contribution in [2.75, 3.05) is 0 Å². The molecule has 0 saturated carbocycles. The summed E-state index contributed by atoms with van der Waals surface area (Å²) in [6.07, 6.45) is -4.06. The summed E-state index contributed by atoms with van der Waals surface area (Å²) in [7, 11) is 0. The normalized spacial score (nSPS) is 41.5. The molecule has 2 saturated heterocycles. The number of carbonyl (C=O) groups excluding carboxylic acids is 2. The van der Waals surface area contributed by atoms with Gasteiger partial charge in [0.2, 0.25) is 0 Å². The molecule has 2 aliphatic rings. The Kier molecular flexibility index (Phi) is 4.07. The van der Waals surface area contributed by atoms with Gasteiger partial charge in [-0.1, -0.05) is 0 Å². The van der Waals surface area contributed by atoms with Gasteiger partial charge in [-0.25, -0.2) is 0 Å². The van der Waals surface area contributed by atoms with Gasteiger partial charge in [0.1, 0.15) is 6.10 Å². The van der Waals surface area contributed by atoms with E-state index in [0.29, 0.717) is 0 Å². The molecular formula is C12H17O7-. The molecule has 0 aliphatic carbocycles. The van der Waals surface area contributed by atoms with Gasteiger partial charge in [-0.2, -0.15) is 0 Å². The molecule has 0 radical (unpaired) electrons. The monoisotopic (exact) mass is 273 g/mol. The van der Waals surface area contributed by atoms with Crippen LogP contribution in [0.15, 0.2) is 0 Å². The average Bonchev–Trinajstić information content (AvgIpc) is 2.62. The summed E-state index contributed by atoms with van der Waals surface area (Å²) < 4.78 is 26.6. The molecule has 2 heterocycles. The lowest BCUT2D eigenvalue weighted by atomic mass is 9.99. The maximum absolute atomic E-state index is 11.2. The van der Waals surface area contributed by atoms with Crippen LogP contribution in [-0.4, -0.2) is 48.9 Å². The zero-order chi connectivity index (χ0) is 14.2. The lowest BCUT2D eigenvalue weighted by Gasteiger charge is -2.40. The predicted octanol–water partition coefficient (Wildman–Crippen LogP) is 0.170. The highest BCUT2D eigenvalue weighted by Gasteiger charge is 2.52. The fraction of sp³-hybridized carbons (Fsp3) is 0.750. The number of hydrogen-bond donors (Lipinski definition) is 0. The lowest BCUT2D eigenvalue weighted by Crippen LogP contribution is -2.58. The fourth-order valence-corrected chi connectivity index (χ4v) is 2.26. The maximum Gasteiger partial charge on any atom is 0.303 e. The second kappa shape index (κ2) is 5.44. The Morgan fingerprint density at radius 3 is 2.16 bits per heavy atom. The highest BCUT2D eigenvalue weighted by molar-refractivity contribution is 5.67. The summed E-state index contributed by atoms with van der Waals surface area (Å²) in [6.45, 7) is 7.87. The first-order valence-corrected chi connectivity index (χ1v) is 6.02. The van der Waals surface area contributed by atoms with E-state index in [1.54, 1.807) is 6.92 Å². The zero-order valence-corrected chi connectivity index (χ0v) is 11.0. The molecule has 0 aromatic rings. The molecule has 0 spiro atoms. The summed E-state index contributed by atoms with van der Waals surface area (Å²) in [5.41, 5.74) is 0. The van der Waals surface area contributed by atoms with Crippen LogP contribution >= 0.6 is 0 Å². The van der Waals surface area contributed by atoms with Crippen molar-refractivity contribution in [3.63, 3.8) is 0 Å². The van der Waals surface area contributed by atoms with Crippen molar-refractivity contribution >= 4 is 11.9 Å². The van der Waals surface area contributed by atoms with Crippen LogP contribution < -0.4 is 0 Å². The van der Waals surface area contributed by atoms with Gasteiger partial charge in [-0.15, -0.1) is 0 Å². The topological polar surface area (TPSA) is 80.3 Å². The van der Waals surface area contributed by atoms with E-state index in [-0.39, 0.29) is 0 Å². The van der Waals surface area contributed by atoms with Crippen LogP contribution in [0.1, 0.15) is 20.8 Å². The maximum atomic E-state index is 11.2. The summed E-state index contributed by atoms with van der Waals surface area (Å²) in [5, 5.41) is 0. The summed E-state index contributed by atoms with van der Waals surface area (Å²) >= 11 is 0. The van der Waals surface area contributed by atoms with Crippen molar-refractivity contribution in [2.45, 2.75) is 57.8 Å². The SMILES string of the molecule is [CH2-]C1OC2OC(C)C(OC(C)=O)C(OC(C)=O)C2O1. The third-order valence-electron chi connectivity index (χ3n) is 2.93. The molecule has 108 valence electrons. The van der Waals surface area contributed by atoms with E-state index >= 15 is 0 Å². The van der Waals surface area contributed by atoms with Crippen LogP contribution in [0.4, 0.5) is 0 Å². The molecule has 19 heavy (non-hydrogen) atoms. The van der Waals surface area contributed by atoms with E-state index in [9.17, 15) is 9.59 Å². The van der Waals surface area contributed by atoms with Crippen molar-refractivity contribution < 1.29 is 33.3 Å². The smallest absolute Gasteiger partial charge is 0.303 e. The molecule has 2 rings (SSSR count). The van der Waals surface area contributed by atoms with Crippen molar-refractivity contribution in [1.29, 1.82) is 0 Å². The Morgan fingerprint density at radius 1 is 1.00 bits per heavy atom. The molecule has 6 unspecified atom stereocenters. The van der Waals surface area contributed by atoms with Gasteiger partial charge in [0.25, 0.3) is 0 Å². The molecule has 2 aliphatic heterocycles. The Hall–Kier alpha value is -1.18. The molecule has 2 fully saturated rings. The van der Waals surface area contributed by atoms with E-state index in [4.69, 9.17) is 23.7 Å². The van der Waals surface area contributed by atoms with Gasteiger partial charge in [-0.3, -0.25) is 16.5 Å². The van der Waals surface area contributed by atoms with Crippen molar-refractivity contribution in [3.8, 4) is 0 Å². The fourth-order valence-electron chi connectivity index (χ4n) is 2.26. The molecular weight excluding hydrogens is 256 g/mol. The lowest BCUT2D eigenvalue weighted by molar-refractivity contribution is -0.253. The molecule has 6 atom stereocenters. The standard InChI is InChI=1S/C12H17O7/c1-5-9(16-6(2)13)10(17-7(3)14)11-12(15-5)19-8(4)18-11/h5,8-12H,4H2,1-3H3/q-1. The van der Waals surface area contributed by atoms with Gasteiger partial charge >= 0.3 is 11.9 Å². The van der Waals surface area contributed by atoms with Crippen LogP contribution in [0, 0.1) is 6.92 Å². The summed E-state index contributed by atoms with van der Waals surface area (Å²) in [6, 6.07) is 0. The van der Waals surface area contributed by atoms with E-state index in [0.717, 1.165) is 0 Å². The molecule has 0 aromatic heterocycles. The first-order chi connectivity index (χ1) is 8.88. The number of esters is 2. The Labute approximate surface area is 111 Å². The Balaban J connectivity index is 2.20. The second-order valence-electron chi connectivity index (χ2n) is 4.52. The molecule has 0 bridgehead atoms. The first kappa shape index (κ1) is 14.2.